The Morgan fingerprint density at radius 2 is 1.54 bits per heavy atom. The summed E-state index contributed by atoms with van der Waals surface area (Å²) >= 11 is 0. The molecule has 0 radical (unpaired) electrons. The topological polar surface area (TPSA) is 66.8 Å². The molecule has 1 rings (SSSR count). The van der Waals surface area contributed by atoms with Crippen LogP contribution in [0, 0.1) is 0 Å². The van der Waals surface area contributed by atoms with Gasteiger partial charge in [0.1, 0.15) is 12.4 Å². The Bertz CT molecular complexity index is 388. The molecule has 0 aromatic rings. The van der Waals surface area contributed by atoms with Crippen LogP contribution in [0.25, 0.3) is 0 Å². The molecular weight excluding hydrogens is 306 g/mol. The van der Waals surface area contributed by atoms with E-state index in [-0.39, 0.29) is 12.1 Å². The lowest BCUT2D eigenvalue weighted by Gasteiger charge is -2.50. The molecule has 1 aliphatic rings. The van der Waals surface area contributed by atoms with Gasteiger partial charge >= 0.3 is 5.97 Å². The number of aldehydes is 1. The van der Waals surface area contributed by atoms with Crippen molar-refractivity contribution in [2.45, 2.75) is 109 Å². The SMILES string of the molecule is CC1(C)CC(OC(=O)CCCCCCCCC=O)CC(C)(C)N1O. The summed E-state index contributed by atoms with van der Waals surface area (Å²) in [5, 5.41) is 11.7. The fourth-order valence-corrected chi connectivity index (χ4v) is 3.71. The molecule has 1 aliphatic heterocycles. The minimum atomic E-state index is -0.395. The first-order chi connectivity index (χ1) is 11.2. The van der Waals surface area contributed by atoms with Crippen molar-refractivity contribution in [2.75, 3.05) is 0 Å². The van der Waals surface area contributed by atoms with Crippen LogP contribution < -0.4 is 0 Å². The zero-order valence-corrected chi connectivity index (χ0v) is 15.8. The highest BCUT2D eigenvalue weighted by Crippen LogP contribution is 2.38. The van der Waals surface area contributed by atoms with Crippen LogP contribution >= 0.6 is 0 Å². The molecule has 1 saturated heterocycles. The zero-order chi connectivity index (χ0) is 18.2. The lowest BCUT2D eigenvalue weighted by Crippen LogP contribution is -2.60. The van der Waals surface area contributed by atoms with Crippen LogP contribution in [0.15, 0.2) is 0 Å². The third-order valence-corrected chi connectivity index (χ3v) is 4.85. The molecule has 0 spiro atoms. The Kier molecular flexibility index (Phi) is 8.37. The van der Waals surface area contributed by atoms with Gasteiger partial charge in [-0.15, -0.1) is 0 Å². The molecule has 1 fully saturated rings. The minimum Gasteiger partial charge on any atom is -0.462 e. The maximum Gasteiger partial charge on any atom is 0.306 e. The average Bonchev–Trinajstić information content (AvgIpc) is 2.47. The largest absolute Gasteiger partial charge is 0.462 e. The maximum atomic E-state index is 12.1. The molecule has 0 aromatic heterocycles. The van der Waals surface area contributed by atoms with Crippen molar-refractivity contribution in [1.82, 2.24) is 5.06 Å². The van der Waals surface area contributed by atoms with E-state index < -0.39 is 11.1 Å². The molecule has 0 saturated carbocycles. The summed E-state index contributed by atoms with van der Waals surface area (Å²) in [6.45, 7) is 7.89. The van der Waals surface area contributed by atoms with E-state index in [1.165, 1.54) is 5.06 Å². The van der Waals surface area contributed by atoms with Gasteiger partial charge in [-0.2, -0.15) is 5.06 Å². The number of ether oxygens (including phenoxy) is 1. The van der Waals surface area contributed by atoms with Crippen LogP contribution in [-0.2, 0) is 14.3 Å². The van der Waals surface area contributed by atoms with E-state index in [1.54, 1.807) is 0 Å². The Balaban J connectivity index is 2.22. The summed E-state index contributed by atoms with van der Waals surface area (Å²) in [6.07, 6.45) is 9.45. The Morgan fingerprint density at radius 1 is 1.04 bits per heavy atom. The zero-order valence-electron chi connectivity index (χ0n) is 15.8. The highest BCUT2D eigenvalue weighted by molar-refractivity contribution is 5.69. The number of hydroxylamine groups is 2. The average molecular weight is 341 g/mol. The highest BCUT2D eigenvalue weighted by Gasteiger charge is 2.46. The van der Waals surface area contributed by atoms with Crippen molar-refractivity contribution in [3.8, 4) is 0 Å². The molecule has 24 heavy (non-hydrogen) atoms. The quantitative estimate of drug-likeness (QED) is 0.365. The second-order valence-corrected chi connectivity index (χ2v) is 8.28. The summed E-state index contributed by atoms with van der Waals surface area (Å²) in [7, 11) is 0. The van der Waals surface area contributed by atoms with Crippen LogP contribution in [0.5, 0.6) is 0 Å². The first-order valence-corrected chi connectivity index (χ1v) is 9.31. The normalized spacial score (nSPS) is 20.7. The predicted molar refractivity (Wildman–Crippen MR) is 93.9 cm³/mol. The fourth-order valence-electron chi connectivity index (χ4n) is 3.71. The Hall–Kier alpha value is -0.940. The molecular formula is C19H35NO4. The number of piperidine rings is 1. The molecule has 5 heteroatoms. The van der Waals surface area contributed by atoms with Crippen molar-refractivity contribution in [1.29, 1.82) is 0 Å². The fraction of sp³-hybridized carbons (Fsp3) is 0.895. The van der Waals surface area contributed by atoms with Gasteiger partial charge in [0, 0.05) is 36.8 Å². The van der Waals surface area contributed by atoms with Crippen LogP contribution in [0.2, 0.25) is 0 Å². The molecule has 1 N–H and O–H groups in total. The van der Waals surface area contributed by atoms with Gasteiger partial charge in [0.25, 0.3) is 0 Å². The van der Waals surface area contributed by atoms with Crippen LogP contribution in [0.3, 0.4) is 0 Å². The Labute approximate surface area is 146 Å². The number of hydrogen-bond acceptors (Lipinski definition) is 5. The van der Waals surface area contributed by atoms with Crippen LogP contribution in [-0.4, -0.2) is 39.7 Å². The van der Waals surface area contributed by atoms with E-state index >= 15 is 0 Å². The third kappa shape index (κ3) is 6.89. The third-order valence-electron chi connectivity index (χ3n) is 4.85. The van der Waals surface area contributed by atoms with E-state index in [2.05, 4.69) is 0 Å². The van der Waals surface area contributed by atoms with Gasteiger partial charge in [0.05, 0.1) is 0 Å². The molecule has 0 bridgehead atoms. The minimum absolute atomic E-state index is 0.126. The van der Waals surface area contributed by atoms with Gasteiger partial charge in [-0.3, -0.25) is 4.79 Å². The lowest BCUT2D eigenvalue weighted by atomic mass is 9.80. The van der Waals surface area contributed by atoms with Crippen molar-refractivity contribution in [3.63, 3.8) is 0 Å². The van der Waals surface area contributed by atoms with Gasteiger partial charge < -0.3 is 14.7 Å². The molecule has 0 atom stereocenters. The van der Waals surface area contributed by atoms with E-state index in [0.29, 0.717) is 25.7 Å². The number of rotatable bonds is 10. The molecule has 140 valence electrons. The van der Waals surface area contributed by atoms with Crippen molar-refractivity contribution < 1.29 is 19.5 Å². The number of hydrogen-bond donors (Lipinski definition) is 1. The highest BCUT2D eigenvalue weighted by atomic mass is 16.5. The smallest absolute Gasteiger partial charge is 0.306 e. The predicted octanol–water partition coefficient (Wildman–Crippen LogP) is 4.26. The molecule has 0 amide bonds. The van der Waals surface area contributed by atoms with Gasteiger partial charge in [-0.05, 0) is 40.5 Å². The lowest BCUT2D eigenvalue weighted by molar-refractivity contribution is -0.259. The summed E-state index contributed by atoms with van der Waals surface area (Å²) in [5.74, 6) is -0.126. The van der Waals surface area contributed by atoms with Crippen molar-refractivity contribution >= 4 is 12.3 Å². The van der Waals surface area contributed by atoms with Gasteiger partial charge in [0.15, 0.2) is 0 Å². The first kappa shape index (κ1) is 21.1. The summed E-state index contributed by atoms with van der Waals surface area (Å²) < 4.78 is 5.65. The number of esters is 1. The second kappa shape index (κ2) is 9.52. The molecule has 5 nitrogen and oxygen atoms in total. The first-order valence-electron chi connectivity index (χ1n) is 9.31. The number of carbonyl (C=O) groups is 2. The second-order valence-electron chi connectivity index (χ2n) is 8.28. The summed E-state index contributed by atoms with van der Waals surface area (Å²) in [4.78, 5) is 22.3. The number of unbranched alkanes of at least 4 members (excludes halogenated alkanes) is 6. The molecule has 0 aliphatic carbocycles. The van der Waals surface area contributed by atoms with E-state index in [9.17, 15) is 14.8 Å². The van der Waals surface area contributed by atoms with Crippen LogP contribution in [0.4, 0.5) is 0 Å². The van der Waals surface area contributed by atoms with Crippen LogP contribution in [0.1, 0.15) is 91.9 Å². The standard InChI is InChI=1S/C19H35NO4/c1-18(2)14-16(15-19(3,4)20(18)23)24-17(22)12-10-8-6-5-7-9-11-13-21/h13,16,23H,5-12,14-15H2,1-4H3. The van der Waals surface area contributed by atoms with Crippen molar-refractivity contribution in [2.24, 2.45) is 0 Å². The monoisotopic (exact) mass is 341 g/mol. The van der Waals surface area contributed by atoms with Gasteiger partial charge in [-0.25, -0.2) is 0 Å². The van der Waals surface area contributed by atoms with E-state index in [1.807, 2.05) is 27.7 Å². The molecule has 0 aromatic carbocycles. The maximum absolute atomic E-state index is 12.1. The summed E-state index contributed by atoms with van der Waals surface area (Å²) in [6, 6.07) is 0. The van der Waals surface area contributed by atoms with E-state index in [4.69, 9.17) is 4.74 Å². The molecule has 1 heterocycles. The molecule has 0 unspecified atom stereocenters. The Morgan fingerprint density at radius 3 is 2.08 bits per heavy atom. The van der Waals surface area contributed by atoms with E-state index in [0.717, 1.165) is 44.8 Å². The number of nitrogens with zero attached hydrogens (tertiary/aromatic N) is 1. The van der Waals surface area contributed by atoms with Gasteiger partial charge in [-0.1, -0.05) is 25.7 Å². The van der Waals surface area contributed by atoms with Gasteiger partial charge in [0.2, 0.25) is 0 Å². The summed E-state index contributed by atoms with van der Waals surface area (Å²) in [5.41, 5.74) is -0.789. The number of carbonyl (C=O) groups excluding carboxylic acids is 2. The van der Waals surface area contributed by atoms with Crippen molar-refractivity contribution in [3.05, 3.63) is 0 Å².